The Kier molecular flexibility index (Phi) is 6.11. The van der Waals surface area contributed by atoms with Crippen molar-refractivity contribution in [1.82, 2.24) is 19.9 Å². The lowest BCUT2D eigenvalue weighted by Gasteiger charge is -2.35. The van der Waals surface area contributed by atoms with Crippen molar-refractivity contribution in [3.8, 4) is 0 Å². The number of piperazine rings is 1. The van der Waals surface area contributed by atoms with E-state index in [1.165, 1.54) is 0 Å². The molecule has 0 aliphatic carbocycles. The Balaban J connectivity index is 0.00000204. The Labute approximate surface area is 190 Å². The van der Waals surface area contributed by atoms with Gasteiger partial charge in [-0.15, -0.1) is 0 Å². The van der Waals surface area contributed by atoms with Crippen LogP contribution in [0.2, 0.25) is 0 Å². The van der Waals surface area contributed by atoms with Gasteiger partial charge in [-0.05, 0) is 44.0 Å². The SMILES string of the molecule is Cc1cccc(C)c1C(=O)N1CCN(c2cnc(C)c(C(=O)Nc3ccccn3)n2)CC1.[HH].[HH]. The molecule has 3 heterocycles. The first-order valence-corrected chi connectivity index (χ1v) is 10.6. The van der Waals surface area contributed by atoms with E-state index in [1.807, 2.05) is 36.9 Å². The van der Waals surface area contributed by atoms with E-state index in [0.29, 0.717) is 43.5 Å². The van der Waals surface area contributed by atoms with Gasteiger partial charge in [0.1, 0.15) is 11.6 Å². The second kappa shape index (κ2) is 9.13. The lowest BCUT2D eigenvalue weighted by atomic mass is 10.0. The Morgan fingerprint density at radius 1 is 0.938 bits per heavy atom. The van der Waals surface area contributed by atoms with Crippen LogP contribution in [0.15, 0.2) is 48.8 Å². The summed E-state index contributed by atoms with van der Waals surface area (Å²) in [4.78, 5) is 42.8. The number of anilines is 2. The van der Waals surface area contributed by atoms with Gasteiger partial charge in [0.05, 0.1) is 11.9 Å². The third-order valence-corrected chi connectivity index (χ3v) is 5.65. The standard InChI is InChI=1S/C24H26N6O2.2H2/c1-16-7-6-8-17(2)21(16)24(32)30-13-11-29(12-14-30)20-15-26-18(3)22(28-20)23(31)27-19-9-4-5-10-25-19;;/h4-10,15H,11-14H2,1-3H3,(H,25,27,31);2*1H. The van der Waals surface area contributed by atoms with Gasteiger partial charge in [-0.2, -0.15) is 0 Å². The molecule has 168 valence electrons. The molecule has 8 heteroatoms. The molecule has 0 unspecified atom stereocenters. The molecule has 0 spiro atoms. The van der Waals surface area contributed by atoms with Gasteiger partial charge < -0.3 is 15.1 Å². The highest BCUT2D eigenvalue weighted by atomic mass is 16.2. The van der Waals surface area contributed by atoms with E-state index < -0.39 is 0 Å². The van der Waals surface area contributed by atoms with Gasteiger partial charge in [-0.1, -0.05) is 24.3 Å². The normalized spacial score (nSPS) is 13.7. The molecule has 0 radical (unpaired) electrons. The molecule has 1 aliphatic rings. The van der Waals surface area contributed by atoms with Crippen molar-refractivity contribution in [3.05, 3.63) is 76.9 Å². The fourth-order valence-electron chi connectivity index (χ4n) is 3.87. The number of hydrogen-bond acceptors (Lipinski definition) is 6. The minimum Gasteiger partial charge on any atom is -0.352 e. The summed E-state index contributed by atoms with van der Waals surface area (Å²) in [6.07, 6.45) is 3.29. The van der Waals surface area contributed by atoms with Crippen molar-refractivity contribution in [1.29, 1.82) is 0 Å². The van der Waals surface area contributed by atoms with Crippen LogP contribution >= 0.6 is 0 Å². The number of carbonyl (C=O) groups excluding carboxylic acids is 2. The quantitative estimate of drug-likeness (QED) is 0.676. The number of benzene rings is 1. The summed E-state index contributed by atoms with van der Waals surface area (Å²) < 4.78 is 0. The predicted octanol–water partition coefficient (Wildman–Crippen LogP) is 3.50. The summed E-state index contributed by atoms with van der Waals surface area (Å²) in [7, 11) is 0. The minimum atomic E-state index is -0.348. The molecular formula is C24H30N6O2. The van der Waals surface area contributed by atoms with Gasteiger partial charge in [0.25, 0.3) is 11.8 Å². The van der Waals surface area contributed by atoms with E-state index in [-0.39, 0.29) is 20.4 Å². The van der Waals surface area contributed by atoms with Crippen molar-refractivity contribution >= 4 is 23.5 Å². The molecule has 8 nitrogen and oxygen atoms in total. The van der Waals surface area contributed by atoms with Gasteiger partial charge in [-0.25, -0.2) is 9.97 Å². The minimum absolute atomic E-state index is 0. The van der Waals surface area contributed by atoms with Gasteiger partial charge in [0, 0.05) is 40.8 Å². The van der Waals surface area contributed by atoms with E-state index in [2.05, 4.69) is 25.2 Å². The second-order valence-corrected chi connectivity index (χ2v) is 7.88. The topological polar surface area (TPSA) is 91.3 Å². The smallest absolute Gasteiger partial charge is 0.277 e. The zero-order chi connectivity index (χ0) is 22.7. The van der Waals surface area contributed by atoms with Crippen molar-refractivity contribution in [2.45, 2.75) is 20.8 Å². The summed E-state index contributed by atoms with van der Waals surface area (Å²) in [6, 6.07) is 11.2. The van der Waals surface area contributed by atoms with Crippen LogP contribution in [0.25, 0.3) is 0 Å². The van der Waals surface area contributed by atoms with Crippen LogP contribution in [0, 0.1) is 20.8 Å². The maximum Gasteiger partial charge on any atom is 0.277 e. The Bertz CT molecular complexity index is 1130. The lowest BCUT2D eigenvalue weighted by molar-refractivity contribution is 0.0745. The van der Waals surface area contributed by atoms with Gasteiger partial charge in [-0.3, -0.25) is 14.6 Å². The largest absolute Gasteiger partial charge is 0.352 e. The molecule has 1 saturated heterocycles. The van der Waals surface area contributed by atoms with Gasteiger partial charge >= 0.3 is 0 Å². The zero-order valence-corrected chi connectivity index (χ0v) is 18.5. The van der Waals surface area contributed by atoms with Crippen molar-refractivity contribution in [2.75, 3.05) is 36.4 Å². The number of hydrogen-bond donors (Lipinski definition) is 1. The highest BCUT2D eigenvalue weighted by Gasteiger charge is 2.25. The Hall–Kier alpha value is -3.81. The maximum absolute atomic E-state index is 13.1. The lowest BCUT2D eigenvalue weighted by Crippen LogP contribution is -2.49. The molecular weight excluding hydrogens is 404 g/mol. The second-order valence-electron chi connectivity index (χ2n) is 7.88. The molecule has 1 fully saturated rings. The molecule has 1 aliphatic heterocycles. The van der Waals surface area contributed by atoms with E-state index in [0.717, 1.165) is 16.7 Å². The van der Waals surface area contributed by atoms with E-state index in [9.17, 15) is 9.59 Å². The average molecular weight is 435 g/mol. The molecule has 4 rings (SSSR count). The molecule has 2 aromatic heterocycles. The number of pyridine rings is 1. The first-order chi connectivity index (χ1) is 15.4. The molecule has 0 saturated carbocycles. The van der Waals surface area contributed by atoms with Gasteiger partial charge in [0.15, 0.2) is 5.69 Å². The highest BCUT2D eigenvalue weighted by Crippen LogP contribution is 2.20. The first kappa shape index (κ1) is 21.4. The maximum atomic E-state index is 13.1. The molecule has 0 atom stereocenters. The predicted molar refractivity (Wildman–Crippen MR) is 127 cm³/mol. The van der Waals surface area contributed by atoms with Crippen LogP contribution in [0.5, 0.6) is 0 Å². The van der Waals surface area contributed by atoms with Crippen molar-refractivity contribution < 1.29 is 12.4 Å². The van der Waals surface area contributed by atoms with Crippen molar-refractivity contribution in [3.63, 3.8) is 0 Å². The fourth-order valence-corrected chi connectivity index (χ4v) is 3.87. The van der Waals surface area contributed by atoms with Crippen molar-refractivity contribution in [2.24, 2.45) is 0 Å². The summed E-state index contributed by atoms with van der Waals surface area (Å²) >= 11 is 0. The van der Waals surface area contributed by atoms with Crippen LogP contribution in [-0.2, 0) is 0 Å². The van der Waals surface area contributed by atoms with Crippen LogP contribution in [0.4, 0.5) is 11.6 Å². The first-order valence-electron chi connectivity index (χ1n) is 10.6. The average Bonchev–Trinajstić information content (AvgIpc) is 2.80. The third kappa shape index (κ3) is 4.44. The van der Waals surface area contributed by atoms with Crippen LogP contribution in [0.3, 0.4) is 0 Å². The van der Waals surface area contributed by atoms with Gasteiger partial charge in [0.2, 0.25) is 0 Å². The molecule has 0 bridgehead atoms. The number of carbonyl (C=O) groups is 2. The van der Waals surface area contributed by atoms with E-state index in [1.54, 1.807) is 37.5 Å². The molecule has 3 aromatic rings. The van der Waals surface area contributed by atoms with Crippen LogP contribution < -0.4 is 10.2 Å². The monoisotopic (exact) mass is 434 g/mol. The van der Waals surface area contributed by atoms with Crippen LogP contribution in [-0.4, -0.2) is 57.8 Å². The number of nitrogens with one attached hydrogen (secondary N) is 1. The summed E-state index contributed by atoms with van der Waals surface area (Å²) in [6.45, 7) is 8.09. The number of amides is 2. The summed E-state index contributed by atoms with van der Waals surface area (Å²) in [5.74, 6) is 0.800. The number of nitrogens with zero attached hydrogens (tertiary/aromatic N) is 5. The zero-order valence-electron chi connectivity index (χ0n) is 18.5. The molecule has 1 N–H and O–H groups in total. The number of aromatic nitrogens is 3. The van der Waals surface area contributed by atoms with Crippen LogP contribution in [0.1, 0.15) is 40.5 Å². The molecule has 32 heavy (non-hydrogen) atoms. The molecule has 1 aromatic carbocycles. The fraction of sp³-hybridized carbons (Fsp3) is 0.292. The third-order valence-electron chi connectivity index (χ3n) is 5.65. The van der Waals surface area contributed by atoms with E-state index >= 15 is 0 Å². The summed E-state index contributed by atoms with van der Waals surface area (Å²) in [5, 5.41) is 2.76. The summed E-state index contributed by atoms with van der Waals surface area (Å²) in [5.41, 5.74) is 3.58. The number of aryl methyl sites for hydroxylation is 3. The number of rotatable bonds is 4. The van der Waals surface area contributed by atoms with E-state index in [4.69, 9.17) is 0 Å². The highest BCUT2D eigenvalue weighted by molar-refractivity contribution is 6.03. The molecule has 2 amide bonds. The Morgan fingerprint density at radius 3 is 2.31 bits per heavy atom. The Morgan fingerprint density at radius 2 is 1.66 bits per heavy atom.